The summed E-state index contributed by atoms with van der Waals surface area (Å²) in [5.74, 6) is 0. The Morgan fingerprint density at radius 1 is 0.738 bits per heavy atom. The molecule has 3 aromatic rings. The minimum Gasteiger partial charge on any atom is -1.00 e. The van der Waals surface area contributed by atoms with Crippen molar-refractivity contribution in [1.82, 2.24) is 0 Å². The van der Waals surface area contributed by atoms with E-state index in [0.717, 1.165) is 6.42 Å². The molecule has 0 saturated heterocycles. The SMILES string of the molecule is CC(C)(C)C1=CC(C)(C)c2cc3[cH-]c4cc5c(cc4c3cc21)C(C(C)(C)C)=CC5(C)C.C[C](C)=[Zr+2].[C-]1=CC=CC1.[Cl-].[Cl-]. The van der Waals surface area contributed by atoms with E-state index in [0.29, 0.717) is 0 Å². The van der Waals surface area contributed by atoms with E-state index in [4.69, 9.17) is 0 Å². The van der Waals surface area contributed by atoms with Crippen LogP contribution in [0, 0.1) is 16.9 Å². The van der Waals surface area contributed by atoms with E-state index >= 15 is 0 Å². The van der Waals surface area contributed by atoms with E-state index < -0.39 is 0 Å². The second-order valence-corrected chi connectivity index (χ2v) is 17.6. The Labute approximate surface area is 283 Å². The Hall–Kier alpha value is -1.40. The van der Waals surface area contributed by atoms with Crippen molar-refractivity contribution in [2.45, 2.75) is 100 Å². The number of hydrogen-bond donors (Lipinski definition) is 0. The van der Waals surface area contributed by atoms with Crippen LogP contribution in [0.5, 0.6) is 0 Å². The van der Waals surface area contributed by atoms with Gasteiger partial charge in [-0.15, -0.1) is 46.2 Å². The quantitative estimate of drug-likeness (QED) is 0.287. The van der Waals surface area contributed by atoms with Crippen LogP contribution >= 0.6 is 0 Å². The van der Waals surface area contributed by atoms with Crippen molar-refractivity contribution in [3.63, 3.8) is 0 Å². The molecule has 0 radical (unpaired) electrons. The van der Waals surface area contributed by atoms with Gasteiger partial charge in [-0.05, 0) is 33.1 Å². The first-order valence-corrected chi connectivity index (χ1v) is 16.0. The van der Waals surface area contributed by atoms with Gasteiger partial charge in [0.2, 0.25) is 0 Å². The van der Waals surface area contributed by atoms with Crippen LogP contribution in [0.1, 0.15) is 112 Å². The van der Waals surface area contributed by atoms with Gasteiger partial charge >= 0.3 is 41.3 Å². The molecule has 3 aliphatic carbocycles. The van der Waals surface area contributed by atoms with Crippen LogP contribution < -0.4 is 24.8 Å². The van der Waals surface area contributed by atoms with E-state index in [-0.39, 0.29) is 46.5 Å². The van der Waals surface area contributed by atoms with Gasteiger partial charge in [-0.3, -0.25) is 6.08 Å². The molecule has 0 N–H and O–H groups in total. The molecule has 3 aliphatic rings. The second kappa shape index (κ2) is 12.9. The van der Waals surface area contributed by atoms with Gasteiger partial charge in [-0.1, -0.05) is 105 Å². The summed E-state index contributed by atoms with van der Waals surface area (Å²) in [5.41, 5.74) is 9.28. The maximum atomic E-state index is 2.99. The Balaban J connectivity index is 0.000000487. The van der Waals surface area contributed by atoms with Crippen LogP contribution in [0.4, 0.5) is 0 Å². The van der Waals surface area contributed by atoms with Crippen molar-refractivity contribution < 1.29 is 49.0 Å². The molecule has 0 nitrogen and oxygen atoms in total. The topological polar surface area (TPSA) is 0 Å². The normalized spacial score (nSPS) is 17.2. The van der Waals surface area contributed by atoms with Crippen LogP contribution in [-0.4, -0.2) is 3.21 Å². The van der Waals surface area contributed by atoms with Crippen molar-refractivity contribution in [2.75, 3.05) is 0 Å². The van der Waals surface area contributed by atoms with Gasteiger partial charge in [-0.25, -0.2) is 12.2 Å². The monoisotopic (exact) mass is 676 g/mol. The third kappa shape index (κ3) is 7.45. The van der Waals surface area contributed by atoms with E-state index in [1.807, 2.05) is 12.2 Å². The van der Waals surface area contributed by atoms with Gasteiger partial charge in [-0.2, -0.15) is 6.08 Å². The number of rotatable bonds is 0. The van der Waals surface area contributed by atoms with Crippen molar-refractivity contribution >= 4 is 35.9 Å². The minimum absolute atomic E-state index is 0. The summed E-state index contributed by atoms with van der Waals surface area (Å²) in [6.45, 7) is 27.7. The molecule has 0 unspecified atom stereocenters. The van der Waals surface area contributed by atoms with E-state index in [2.05, 4.69) is 138 Å². The molecule has 0 spiro atoms. The van der Waals surface area contributed by atoms with Crippen molar-refractivity contribution in [3.05, 3.63) is 89.0 Å². The molecular weight excluding hydrogens is 631 g/mol. The smallest absolute Gasteiger partial charge is 0.109 e. The zero-order valence-electron chi connectivity index (χ0n) is 27.7. The molecule has 0 aliphatic heterocycles. The van der Waals surface area contributed by atoms with Crippen LogP contribution in [-0.2, 0) is 35.1 Å². The third-order valence-corrected chi connectivity index (χ3v) is 8.16. The van der Waals surface area contributed by atoms with Gasteiger partial charge in [0.15, 0.2) is 0 Å². The third-order valence-electron chi connectivity index (χ3n) is 8.16. The van der Waals surface area contributed by atoms with Gasteiger partial charge in [0.05, 0.1) is 0 Å². The molecule has 42 heavy (non-hydrogen) atoms. The molecule has 0 bridgehead atoms. The zero-order valence-corrected chi connectivity index (χ0v) is 31.7. The fourth-order valence-corrected chi connectivity index (χ4v) is 6.23. The first-order valence-electron chi connectivity index (χ1n) is 14.8. The van der Waals surface area contributed by atoms with Crippen LogP contribution in [0.2, 0.25) is 0 Å². The van der Waals surface area contributed by atoms with Crippen molar-refractivity contribution in [3.8, 4) is 0 Å². The summed E-state index contributed by atoms with van der Waals surface area (Å²) in [6.07, 6.45) is 15.0. The largest absolute Gasteiger partial charge is 1.00 e. The van der Waals surface area contributed by atoms with Gasteiger partial charge in [0, 0.05) is 10.8 Å². The molecule has 3 heteroatoms. The van der Waals surface area contributed by atoms with Crippen LogP contribution in [0.15, 0.2) is 60.7 Å². The summed E-state index contributed by atoms with van der Waals surface area (Å²) < 4.78 is 1.51. The molecule has 0 amide bonds. The van der Waals surface area contributed by atoms with Crippen LogP contribution in [0.3, 0.4) is 0 Å². The molecule has 0 heterocycles. The van der Waals surface area contributed by atoms with E-state index in [1.165, 1.54) is 58.2 Å². The zero-order chi connectivity index (χ0) is 29.8. The molecular formula is C39H48Cl2Zr-2. The number of allylic oxidation sites excluding steroid dienone is 8. The predicted octanol–water partition coefficient (Wildman–Crippen LogP) is 5.21. The fourth-order valence-electron chi connectivity index (χ4n) is 6.23. The van der Waals surface area contributed by atoms with Crippen molar-refractivity contribution in [1.29, 1.82) is 0 Å². The first-order chi connectivity index (χ1) is 18.3. The number of benzene rings is 2. The molecule has 6 rings (SSSR count). The number of halogens is 2. The fraction of sp³-hybridized carbons (Fsp3) is 0.436. The average molecular weight is 679 g/mol. The standard InChI is InChI=1S/C31H37.C5H5.C3H6.2ClH.Zr/c1-28(2,3)26-16-30(7,8)24-12-18-11-19-13-25-23(15-21(19)20(18)14-22(24)26)27(29(4,5)6)17-31(25,9)10;1-2-4-5-3-1;1-3-2;;;/h11-17H,1-10H3;1-3H,4H2;1-2H3;2*1H;/q2*-1;;;;+2/p-2. The Morgan fingerprint density at radius 2 is 1.12 bits per heavy atom. The number of fused-ring (bicyclic) bond motifs is 5. The molecule has 0 atom stereocenters. The molecule has 0 saturated carbocycles. The minimum atomic E-state index is 0. The van der Waals surface area contributed by atoms with E-state index in [9.17, 15) is 0 Å². The average Bonchev–Trinajstić information content (AvgIpc) is 3.57. The van der Waals surface area contributed by atoms with E-state index in [1.54, 1.807) is 24.2 Å². The maximum Gasteiger partial charge on any atom is -0.109 e. The molecule has 0 fully saturated rings. The summed E-state index contributed by atoms with van der Waals surface area (Å²) in [4.78, 5) is 0. The second-order valence-electron chi connectivity index (χ2n) is 15.2. The first kappa shape index (κ1) is 36.8. The molecule has 0 aromatic heterocycles. The summed E-state index contributed by atoms with van der Waals surface area (Å²) in [6, 6.07) is 12.3. The Kier molecular flexibility index (Phi) is 11.3. The summed E-state index contributed by atoms with van der Waals surface area (Å²) >= 11 is 1.55. The molecule has 3 aromatic carbocycles. The van der Waals surface area contributed by atoms with Crippen LogP contribution in [0.25, 0.3) is 32.7 Å². The number of hydrogen-bond acceptors (Lipinski definition) is 0. The summed E-state index contributed by atoms with van der Waals surface area (Å²) in [5, 5.41) is 5.58. The summed E-state index contributed by atoms with van der Waals surface area (Å²) in [7, 11) is 0. The van der Waals surface area contributed by atoms with Gasteiger partial charge in [0.25, 0.3) is 0 Å². The molecule has 224 valence electrons. The van der Waals surface area contributed by atoms with Crippen molar-refractivity contribution in [2.24, 2.45) is 10.8 Å². The maximum absolute atomic E-state index is 2.99. The Bertz CT molecular complexity index is 1490. The predicted molar refractivity (Wildman–Crippen MR) is 176 cm³/mol. The van der Waals surface area contributed by atoms with Gasteiger partial charge < -0.3 is 24.8 Å². The van der Waals surface area contributed by atoms with Gasteiger partial charge in [0.1, 0.15) is 0 Å². The Morgan fingerprint density at radius 3 is 1.38 bits per heavy atom.